The van der Waals surface area contributed by atoms with Crippen molar-refractivity contribution in [3.05, 3.63) is 51.9 Å². The second-order valence-electron chi connectivity index (χ2n) is 4.86. The fourth-order valence-electron chi connectivity index (χ4n) is 2.40. The van der Waals surface area contributed by atoms with E-state index in [2.05, 4.69) is 21.2 Å². The summed E-state index contributed by atoms with van der Waals surface area (Å²) >= 11 is 3.22. The summed E-state index contributed by atoms with van der Waals surface area (Å²) in [6.45, 7) is 0. The number of hydrogen-bond donors (Lipinski definition) is 2. The van der Waals surface area contributed by atoms with E-state index in [-0.39, 0.29) is 5.91 Å². The van der Waals surface area contributed by atoms with E-state index in [1.54, 1.807) is 12.1 Å². The fraction of sp³-hybridized carbons (Fsp3) is 0.267. The number of anilines is 1. The first-order chi connectivity index (χ1) is 9.63. The Labute approximate surface area is 124 Å². The number of carbonyl (C=O) groups excluding carboxylic acids is 1. The molecule has 1 aliphatic rings. The van der Waals surface area contributed by atoms with Crippen LogP contribution in [0.2, 0.25) is 0 Å². The van der Waals surface area contributed by atoms with Crippen LogP contribution >= 0.6 is 15.9 Å². The van der Waals surface area contributed by atoms with Gasteiger partial charge in [-0.05, 0) is 58.1 Å². The molecule has 2 aromatic rings. The van der Waals surface area contributed by atoms with E-state index in [0.717, 1.165) is 29.7 Å². The van der Waals surface area contributed by atoms with Crippen LogP contribution in [0.3, 0.4) is 0 Å². The highest BCUT2D eigenvalue weighted by Crippen LogP contribution is 2.30. The molecule has 1 aromatic heterocycles. The van der Waals surface area contributed by atoms with Gasteiger partial charge >= 0.3 is 0 Å². The molecular formula is C15H14BrNO3. The molecule has 20 heavy (non-hydrogen) atoms. The summed E-state index contributed by atoms with van der Waals surface area (Å²) in [5.74, 6) is 0.543. The van der Waals surface area contributed by atoms with Crippen molar-refractivity contribution in [1.82, 2.24) is 0 Å². The number of amides is 1. The Morgan fingerprint density at radius 2 is 2.10 bits per heavy atom. The standard InChI is InChI=1S/C15H14BrNO3/c16-13-7-6-12(20-13)15(19)10-4-5-11-9(8-10)2-1-3-14(18)17-11/h4-8,15,19H,1-3H2,(H,17,18). The Kier molecular flexibility index (Phi) is 3.63. The number of aliphatic hydroxyl groups is 1. The van der Waals surface area contributed by atoms with Crippen LogP contribution in [-0.2, 0) is 11.2 Å². The summed E-state index contributed by atoms with van der Waals surface area (Å²) in [5, 5.41) is 13.2. The molecule has 1 atom stereocenters. The van der Waals surface area contributed by atoms with Crippen LogP contribution < -0.4 is 5.32 Å². The lowest BCUT2D eigenvalue weighted by molar-refractivity contribution is -0.116. The van der Waals surface area contributed by atoms with E-state index >= 15 is 0 Å². The van der Waals surface area contributed by atoms with Gasteiger partial charge in [0.05, 0.1) is 0 Å². The monoisotopic (exact) mass is 335 g/mol. The molecule has 3 rings (SSSR count). The van der Waals surface area contributed by atoms with Crippen molar-refractivity contribution >= 4 is 27.5 Å². The average molecular weight is 336 g/mol. The quantitative estimate of drug-likeness (QED) is 0.884. The number of halogens is 1. The predicted molar refractivity (Wildman–Crippen MR) is 78.5 cm³/mol. The molecule has 1 unspecified atom stereocenters. The molecule has 2 heterocycles. The first-order valence-electron chi connectivity index (χ1n) is 6.49. The number of fused-ring (bicyclic) bond motifs is 1. The molecule has 0 radical (unpaired) electrons. The summed E-state index contributed by atoms with van der Waals surface area (Å²) in [6.07, 6.45) is 1.39. The number of furan rings is 1. The molecule has 4 nitrogen and oxygen atoms in total. The van der Waals surface area contributed by atoms with Gasteiger partial charge in [0.15, 0.2) is 4.67 Å². The van der Waals surface area contributed by atoms with Crippen molar-refractivity contribution in [3.8, 4) is 0 Å². The van der Waals surface area contributed by atoms with Gasteiger partial charge in [-0.25, -0.2) is 0 Å². The van der Waals surface area contributed by atoms with Gasteiger partial charge < -0.3 is 14.8 Å². The van der Waals surface area contributed by atoms with Crippen molar-refractivity contribution in [2.45, 2.75) is 25.4 Å². The predicted octanol–water partition coefficient (Wildman–Crippen LogP) is 3.40. The zero-order chi connectivity index (χ0) is 14.1. The van der Waals surface area contributed by atoms with Crippen LogP contribution in [0.25, 0.3) is 0 Å². The van der Waals surface area contributed by atoms with Gasteiger partial charge in [-0.15, -0.1) is 0 Å². The number of rotatable bonds is 2. The summed E-state index contributed by atoms with van der Waals surface area (Å²) in [6, 6.07) is 9.08. The summed E-state index contributed by atoms with van der Waals surface area (Å²) in [4.78, 5) is 11.5. The van der Waals surface area contributed by atoms with Gasteiger partial charge in [0.25, 0.3) is 0 Å². The van der Waals surface area contributed by atoms with Crippen molar-refractivity contribution in [2.75, 3.05) is 5.32 Å². The number of hydrogen-bond acceptors (Lipinski definition) is 3. The van der Waals surface area contributed by atoms with Crippen LogP contribution in [0, 0.1) is 0 Å². The van der Waals surface area contributed by atoms with E-state index in [0.29, 0.717) is 16.9 Å². The van der Waals surface area contributed by atoms with Gasteiger partial charge in [0.1, 0.15) is 11.9 Å². The minimum absolute atomic E-state index is 0.0482. The van der Waals surface area contributed by atoms with Crippen molar-refractivity contribution in [2.24, 2.45) is 0 Å². The molecule has 0 bridgehead atoms. The van der Waals surface area contributed by atoms with Gasteiger partial charge in [-0.2, -0.15) is 0 Å². The minimum atomic E-state index is -0.800. The van der Waals surface area contributed by atoms with E-state index < -0.39 is 6.10 Å². The third-order valence-corrected chi connectivity index (χ3v) is 3.86. The molecule has 1 aliphatic heterocycles. The van der Waals surface area contributed by atoms with Crippen molar-refractivity contribution in [3.63, 3.8) is 0 Å². The molecular weight excluding hydrogens is 322 g/mol. The molecule has 0 saturated carbocycles. The Balaban J connectivity index is 1.92. The first kappa shape index (κ1) is 13.4. The second-order valence-corrected chi connectivity index (χ2v) is 5.64. The van der Waals surface area contributed by atoms with Crippen LogP contribution in [-0.4, -0.2) is 11.0 Å². The lowest BCUT2D eigenvalue weighted by atomic mass is 10.0. The summed E-state index contributed by atoms with van der Waals surface area (Å²) in [7, 11) is 0. The van der Waals surface area contributed by atoms with Crippen molar-refractivity contribution < 1.29 is 14.3 Å². The molecule has 0 fully saturated rings. The average Bonchev–Trinajstić information content (AvgIpc) is 2.77. The van der Waals surface area contributed by atoms with Crippen LogP contribution in [0.5, 0.6) is 0 Å². The lowest BCUT2D eigenvalue weighted by Crippen LogP contribution is -2.09. The lowest BCUT2D eigenvalue weighted by Gasteiger charge is -2.12. The number of aliphatic hydroxyl groups excluding tert-OH is 1. The molecule has 0 spiro atoms. The Morgan fingerprint density at radius 3 is 2.85 bits per heavy atom. The third-order valence-electron chi connectivity index (χ3n) is 3.43. The zero-order valence-corrected chi connectivity index (χ0v) is 12.3. The van der Waals surface area contributed by atoms with Gasteiger partial charge in [-0.3, -0.25) is 4.79 Å². The van der Waals surface area contributed by atoms with E-state index in [1.165, 1.54) is 0 Å². The molecule has 1 aromatic carbocycles. The van der Waals surface area contributed by atoms with Gasteiger partial charge in [-0.1, -0.05) is 12.1 Å². The highest BCUT2D eigenvalue weighted by atomic mass is 79.9. The SMILES string of the molecule is O=C1CCCc2cc(C(O)c3ccc(Br)o3)ccc2N1. The maximum absolute atomic E-state index is 11.5. The van der Waals surface area contributed by atoms with E-state index in [1.807, 2.05) is 18.2 Å². The van der Waals surface area contributed by atoms with E-state index in [9.17, 15) is 9.90 Å². The number of carbonyl (C=O) groups is 1. The smallest absolute Gasteiger partial charge is 0.224 e. The third kappa shape index (κ3) is 2.64. The minimum Gasteiger partial charge on any atom is -0.451 e. The Morgan fingerprint density at radius 1 is 1.25 bits per heavy atom. The maximum atomic E-state index is 11.5. The number of aryl methyl sites for hydroxylation is 1. The second kappa shape index (κ2) is 5.42. The van der Waals surface area contributed by atoms with Gasteiger partial charge in [0.2, 0.25) is 5.91 Å². The zero-order valence-electron chi connectivity index (χ0n) is 10.7. The molecule has 104 valence electrons. The van der Waals surface area contributed by atoms with Crippen LogP contribution in [0.4, 0.5) is 5.69 Å². The van der Waals surface area contributed by atoms with E-state index in [4.69, 9.17) is 4.42 Å². The Bertz CT molecular complexity index is 650. The maximum Gasteiger partial charge on any atom is 0.224 e. The van der Waals surface area contributed by atoms with Crippen LogP contribution in [0.15, 0.2) is 39.4 Å². The largest absolute Gasteiger partial charge is 0.451 e. The normalized spacial score (nSPS) is 16.2. The highest BCUT2D eigenvalue weighted by molar-refractivity contribution is 9.10. The van der Waals surface area contributed by atoms with Crippen molar-refractivity contribution in [1.29, 1.82) is 0 Å². The molecule has 0 aliphatic carbocycles. The summed E-state index contributed by atoms with van der Waals surface area (Å²) in [5.41, 5.74) is 2.66. The Hall–Kier alpha value is -1.59. The van der Waals surface area contributed by atoms with Crippen LogP contribution in [0.1, 0.15) is 35.8 Å². The van der Waals surface area contributed by atoms with Gasteiger partial charge in [0, 0.05) is 12.1 Å². The fourth-order valence-corrected chi connectivity index (χ4v) is 2.72. The molecule has 2 N–H and O–H groups in total. The topological polar surface area (TPSA) is 62.5 Å². The number of benzene rings is 1. The molecule has 1 amide bonds. The molecule has 0 saturated heterocycles. The highest BCUT2D eigenvalue weighted by Gasteiger charge is 2.18. The first-order valence-corrected chi connectivity index (χ1v) is 7.29. The summed E-state index contributed by atoms with van der Waals surface area (Å²) < 4.78 is 5.97. The molecule has 5 heteroatoms. The number of nitrogens with one attached hydrogen (secondary N) is 1.